The monoisotopic (exact) mass is 176 g/mol. The zero-order valence-corrected chi connectivity index (χ0v) is 8.29. The van der Waals surface area contributed by atoms with Gasteiger partial charge in [0, 0.05) is 0 Å². The van der Waals surface area contributed by atoms with E-state index in [1.54, 1.807) is 6.26 Å². The lowest BCUT2D eigenvalue weighted by Gasteiger charge is -2.01. The Labute approximate surface area is 80.0 Å². The van der Waals surface area contributed by atoms with E-state index in [-0.39, 0.29) is 0 Å². The van der Waals surface area contributed by atoms with Crippen molar-refractivity contribution in [3.05, 3.63) is 42.2 Å². The molecule has 0 heterocycles. The molecule has 70 valence electrons. The SMILES string of the molecule is C/C=C/Oc1ccc(CCC)cc1. The molecule has 0 N–H and O–H groups in total. The Balaban J connectivity index is 2.58. The van der Waals surface area contributed by atoms with Crippen molar-refractivity contribution in [3.63, 3.8) is 0 Å². The minimum Gasteiger partial charge on any atom is -0.465 e. The van der Waals surface area contributed by atoms with Crippen LogP contribution in [0.2, 0.25) is 0 Å². The van der Waals surface area contributed by atoms with E-state index in [1.165, 1.54) is 12.0 Å². The topological polar surface area (TPSA) is 9.23 Å². The van der Waals surface area contributed by atoms with Gasteiger partial charge in [0.05, 0.1) is 6.26 Å². The maximum absolute atomic E-state index is 5.31. The van der Waals surface area contributed by atoms with E-state index < -0.39 is 0 Å². The molecule has 0 saturated carbocycles. The van der Waals surface area contributed by atoms with Gasteiger partial charge in [-0.3, -0.25) is 0 Å². The fourth-order valence-corrected chi connectivity index (χ4v) is 1.17. The van der Waals surface area contributed by atoms with Crippen molar-refractivity contribution < 1.29 is 4.74 Å². The lowest BCUT2D eigenvalue weighted by molar-refractivity contribution is 0.480. The average molecular weight is 176 g/mol. The highest BCUT2D eigenvalue weighted by Gasteiger charge is 1.92. The highest BCUT2D eigenvalue weighted by molar-refractivity contribution is 5.27. The first-order chi connectivity index (χ1) is 6.36. The quantitative estimate of drug-likeness (QED) is 0.637. The molecule has 0 spiro atoms. The maximum Gasteiger partial charge on any atom is 0.126 e. The van der Waals surface area contributed by atoms with Gasteiger partial charge < -0.3 is 4.74 Å². The van der Waals surface area contributed by atoms with Crippen molar-refractivity contribution in [2.75, 3.05) is 0 Å². The summed E-state index contributed by atoms with van der Waals surface area (Å²) in [5.74, 6) is 0.901. The second-order valence-electron chi connectivity index (χ2n) is 2.98. The number of hydrogen-bond donors (Lipinski definition) is 0. The number of ether oxygens (including phenoxy) is 1. The van der Waals surface area contributed by atoms with E-state index in [2.05, 4.69) is 19.1 Å². The first-order valence-corrected chi connectivity index (χ1v) is 4.73. The number of benzene rings is 1. The smallest absolute Gasteiger partial charge is 0.126 e. The Hall–Kier alpha value is -1.24. The molecule has 0 atom stereocenters. The molecule has 1 rings (SSSR count). The van der Waals surface area contributed by atoms with Crippen LogP contribution in [0.1, 0.15) is 25.8 Å². The van der Waals surface area contributed by atoms with Crippen LogP contribution in [0, 0.1) is 0 Å². The van der Waals surface area contributed by atoms with Crippen molar-refractivity contribution in [2.24, 2.45) is 0 Å². The number of aryl methyl sites for hydroxylation is 1. The van der Waals surface area contributed by atoms with Gasteiger partial charge in [0.2, 0.25) is 0 Å². The van der Waals surface area contributed by atoms with Crippen LogP contribution >= 0.6 is 0 Å². The van der Waals surface area contributed by atoms with Gasteiger partial charge >= 0.3 is 0 Å². The first-order valence-electron chi connectivity index (χ1n) is 4.73. The molecule has 0 aliphatic carbocycles. The number of allylic oxidation sites excluding steroid dienone is 1. The summed E-state index contributed by atoms with van der Waals surface area (Å²) in [4.78, 5) is 0. The molecule has 0 aliphatic heterocycles. The summed E-state index contributed by atoms with van der Waals surface area (Å²) in [6, 6.07) is 8.24. The Morgan fingerprint density at radius 3 is 2.46 bits per heavy atom. The Kier molecular flexibility index (Phi) is 4.10. The molecule has 0 bridgehead atoms. The minimum atomic E-state index is 0.901. The summed E-state index contributed by atoms with van der Waals surface area (Å²) in [6.45, 7) is 4.12. The molecule has 1 aromatic rings. The fraction of sp³-hybridized carbons (Fsp3) is 0.333. The lowest BCUT2D eigenvalue weighted by Crippen LogP contribution is -1.84. The lowest BCUT2D eigenvalue weighted by atomic mass is 10.1. The maximum atomic E-state index is 5.31. The van der Waals surface area contributed by atoms with Crippen LogP contribution in [-0.2, 0) is 6.42 Å². The highest BCUT2D eigenvalue weighted by Crippen LogP contribution is 2.13. The molecule has 0 saturated heterocycles. The predicted octanol–water partition coefficient (Wildman–Crippen LogP) is 3.55. The van der Waals surface area contributed by atoms with Gasteiger partial charge in [0.1, 0.15) is 5.75 Å². The normalized spacial score (nSPS) is 10.6. The van der Waals surface area contributed by atoms with Gasteiger partial charge in [-0.05, 0) is 31.0 Å². The van der Waals surface area contributed by atoms with E-state index in [9.17, 15) is 0 Å². The summed E-state index contributed by atoms with van der Waals surface area (Å²) in [5, 5.41) is 0. The summed E-state index contributed by atoms with van der Waals surface area (Å²) < 4.78 is 5.31. The van der Waals surface area contributed by atoms with E-state index in [4.69, 9.17) is 4.74 Å². The number of rotatable bonds is 4. The number of hydrogen-bond acceptors (Lipinski definition) is 1. The predicted molar refractivity (Wildman–Crippen MR) is 55.9 cm³/mol. The fourth-order valence-electron chi connectivity index (χ4n) is 1.17. The molecule has 0 fully saturated rings. The zero-order chi connectivity index (χ0) is 9.52. The minimum absolute atomic E-state index is 0.901. The highest BCUT2D eigenvalue weighted by atomic mass is 16.5. The second-order valence-corrected chi connectivity index (χ2v) is 2.98. The van der Waals surface area contributed by atoms with Gasteiger partial charge in [0.25, 0.3) is 0 Å². The van der Waals surface area contributed by atoms with E-state index in [1.807, 2.05) is 25.1 Å². The summed E-state index contributed by atoms with van der Waals surface area (Å²) in [5.41, 5.74) is 1.37. The van der Waals surface area contributed by atoms with Crippen molar-refractivity contribution in [1.29, 1.82) is 0 Å². The van der Waals surface area contributed by atoms with Gasteiger partial charge in [-0.15, -0.1) is 0 Å². The van der Waals surface area contributed by atoms with Gasteiger partial charge in [0.15, 0.2) is 0 Å². The molecule has 0 amide bonds. The molecule has 13 heavy (non-hydrogen) atoms. The average Bonchev–Trinajstić information content (AvgIpc) is 2.17. The van der Waals surface area contributed by atoms with Crippen LogP contribution in [-0.4, -0.2) is 0 Å². The van der Waals surface area contributed by atoms with Crippen LogP contribution in [0.3, 0.4) is 0 Å². The van der Waals surface area contributed by atoms with Crippen molar-refractivity contribution in [2.45, 2.75) is 26.7 Å². The molecule has 1 nitrogen and oxygen atoms in total. The largest absolute Gasteiger partial charge is 0.465 e. The van der Waals surface area contributed by atoms with Crippen molar-refractivity contribution in [1.82, 2.24) is 0 Å². The first kappa shape index (κ1) is 9.85. The molecular formula is C12H16O. The third-order valence-electron chi connectivity index (χ3n) is 1.80. The Morgan fingerprint density at radius 2 is 1.92 bits per heavy atom. The molecule has 0 aliphatic rings. The van der Waals surface area contributed by atoms with Gasteiger partial charge in [-0.1, -0.05) is 31.6 Å². The van der Waals surface area contributed by atoms with Gasteiger partial charge in [-0.2, -0.15) is 0 Å². The summed E-state index contributed by atoms with van der Waals surface area (Å²) in [7, 11) is 0. The van der Waals surface area contributed by atoms with Crippen LogP contribution in [0.5, 0.6) is 5.75 Å². The molecule has 1 aromatic carbocycles. The van der Waals surface area contributed by atoms with Crippen LogP contribution < -0.4 is 4.74 Å². The van der Waals surface area contributed by atoms with Crippen LogP contribution in [0.15, 0.2) is 36.6 Å². The third-order valence-corrected chi connectivity index (χ3v) is 1.80. The van der Waals surface area contributed by atoms with E-state index >= 15 is 0 Å². The van der Waals surface area contributed by atoms with Gasteiger partial charge in [-0.25, -0.2) is 0 Å². The van der Waals surface area contributed by atoms with Crippen molar-refractivity contribution >= 4 is 0 Å². The molecule has 0 aromatic heterocycles. The molecular weight excluding hydrogens is 160 g/mol. The summed E-state index contributed by atoms with van der Waals surface area (Å²) in [6.07, 6.45) is 5.90. The second kappa shape index (κ2) is 5.41. The molecule has 0 unspecified atom stereocenters. The standard InChI is InChI=1S/C12H16O/c1-3-5-11-6-8-12(9-7-11)13-10-4-2/h4,6-10H,3,5H2,1-2H3/b10-4+. The van der Waals surface area contributed by atoms with E-state index in [0.717, 1.165) is 12.2 Å². The van der Waals surface area contributed by atoms with Crippen LogP contribution in [0.4, 0.5) is 0 Å². The van der Waals surface area contributed by atoms with Crippen LogP contribution in [0.25, 0.3) is 0 Å². The van der Waals surface area contributed by atoms with Crippen molar-refractivity contribution in [3.8, 4) is 5.75 Å². The van der Waals surface area contributed by atoms with E-state index in [0.29, 0.717) is 0 Å². The summed E-state index contributed by atoms with van der Waals surface area (Å²) >= 11 is 0. The third kappa shape index (κ3) is 3.32. The molecule has 1 heteroatoms. The Morgan fingerprint density at radius 1 is 1.23 bits per heavy atom. The zero-order valence-electron chi connectivity index (χ0n) is 8.29. The molecule has 0 radical (unpaired) electrons. The Bertz CT molecular complexity index is 259.